The van der Waals surface area contributed by atoms with Crippen LogP contribution in [0.15, 0.2) is 53.1 Å². The van der Waals surface area contributed by atoms with E-state index in [-0.39, 0.29) is 0 Å². The maximum absolute atomic E-state index is 8.82. The van der Waals surface area contributed by atoms with Crippen molar-refractivity contribution in [1.29, 1.82) is 5.26 Å². The molecule has 0 saturated heterocycles. The molecule has 0 aliphatic heterocycles. The lowest BCUT2D eigenvalue weighted by molar-refractivity contribution is 0.982. The van der Waals surface area contributed by atoms with E-state index in [1.165, 1.54) is 0 Å². The smallest absolute Gasteiger partial charge is 0.249 e. The molecular weight excluding hydrogens is 368 g/mol. The van der Waals surface area contributed by atoms with Gasteiger partial charge in [-0.3, -0.25) is 0 Å². The van der Waals surface area contributed by atoms with E-state index >= 15 is 0 Å². The fourth-order valence-electron chi connectivity index (χ4n) is 2.03. The molecule has 0 atom stereocenters. The molecule has 0 radical (unpaired) electrons. The molecule has 2 N–H and O–H groups in total. The second-order valence-corrected chi connectivity index (χ2v) is 5.94. The number of hydrogen-bond acceptors (Lipinski definition) is 6. The van der Waals surface area contributed by atoms with Crippen molar-refractivity contribution in [1.82, 2.24) is 15.2 Å². The summed E-state index contributed by atoms with van der Waals surface area (Å²) in [5.74, 6) is 0.943. The number of aromatic nitrogens is 3. The highest BCUT2D eigenvalue weighted by molar-refractivity contribution is 9.10. The van der Waals surface area contributed by atoms with E-state index in [1.807, 2.05) is 25.1 Å². The summed E-state index contributed by atoms with van der Waals surface area (Å²) >= 11 is 3.52. The zero-order valence-corrected chi connectivity index (χ0v) is 14.4. The van der Waals surface area contributed by atoms with Crippen LogP contribution in [-0.4, -0.2) is 15.2 Å². The molecule has 0 unspecified atom stereocenters. The van der Waals surface area contributed by atoms with E-state index in [1.54, 1.807) is 30.5 Å². The Morgan fingerprint density at radius 2 is 1.88 bits per heavy atom. The van der Waals surface area contributed by atoms with Gasteiger partial charge in [-0.05, 0) is 64.8 Å². The van der Waals surface area contributed by atoms with Crippen molar-refractivity contribution in [3.05, 3.63) is 64.3 Å². The van der Waals surface area contributed by atoms with E-state index in [0.29, 0.717) is 17.3 Å². The van der Waals surface area contributed by atoms with E-state index in [4.69, 9.17) is 5.26 Å². The summed E-state index contributed by atoms with van der Waals surface area (Å²) in [6, 6.07) is 15.1. The summed E-state index contributed by atoms with van der Waals surface area (Å²) in [4.78, 5) is 4.39. The molecule has 3 aromatic rings. The van der Waals surface area contributed by atoms with Gasteiger partial charge in [0.1, 0.15) is 0 Å². The summed E-state index contributed by atoms with van der Waals surface area (Å²) < 4.78 is 0.947. The molecule has 24 heavy (non-hydrogen) atoms. The van der Waals surface area contributed by atoms with Crippen LogP contribution < -0.4 is 10.6 Å². The fraction of sp³-hybridized carbons (Fsp3) is 0.0588. The zero-order valence-electron chi connectivity index (χ0n) is 12.8. The van der Waals surface area contributed by atoms with Gasteiger partial charge in [-0.15, -0.1) is 5.10 Å². The molecule has 2 aromatic carbocycles. The Morgan fingerprint density at radius 1 is 1.08 bits per heavy atom. The van der Waals surface area contributed by atoms with Crippen LogP contribution >= 0.6 is 15.9 Å². The van der Waals surface area contributed by atoms with Crippen molar-refractivity contribution in [2.75, 3.05) is 10.6 Å². The second kappa shape index (κ2) is 7.06. The summed E-state index contributed by atoms with van der Waals surface area (Å²) in [6.45, 7) is 2.03. The molecule has 6 nitrogen and oxygen atoms in total. The van der Waals surface area contributed by atoms with Crippen molar-refractivity contribution in [3.63, 3.8) is 0 Å². The van der Waals surface area contributed by atoms with Gasteiger partial charge in [0.15, 0.2) is 5.82 Å². The van der Waals surface area contributed by atoms with Crippen molar-refractivity contribution in [2.45, 2.75) is 6.92 Å². The molecule has 0 aliphatic carbocycles. The lowest BCUT2D eigenvalue weighted by Gasteiger charge is -2.09. The number of nitrogens with zero attached hydrogens (tertiary/aromatic N) is 4. The van der Waals surface area contributed by atoms with Gasteiger partial charge in [0.05, 0.1) is 23.5 Å². The first-order valence-corrected chi connectivity index (χ1v) is 7.93. The molecular formula is C17H13BrN6. The van der Waals surface area contributed by atoms with Crippen molar-refractivity contribution in [3.8, 4) is 6.07 Å². The first-order chi connectivity index (χ1) is 11.6. The van der Waals surface area contributed by atoms with Crippen LogP contribution in [0.25, 0.3) is 0 Å². The lowest BCUT2D eigenvalue weighted by atomic mass is 10.2. The largest absolute Gasteiger partial charge is 0.338 e. The summed E-state index contributed by atoms with van der Waals surface area (Å²) in [5, 5.41) is 23.0. The number of rotatable bonds is 4. The van der Waals surface area contributed by atoms with Gasteiger partial charge in [-0.2, -0.15) is 15.3 Å². The van der Waals surface area contributed by atoms with E-state index < -0.39 is 0 Å². The number of benzene rings is 2. The zero-order chi connectivity index (χ0) is 16.9. The Balaban J connectivity index is 1.77. The van der Waals surface area contributed by atoms with Gasteiger partial charge in [0, 0.05) is 10.2 Å². The average molecular weight is 381 g/mol. The predicted molar refractivity (Wildman–Crippen MR) is 96.4 cm³/mol. The number of hydrogen-bond donors (Lipinski definition) is 2. The molecule has 1 aromatic heterocycles. The van der Waals surface area contributed by atoms with Gasteiger partial charge >= 0.3 is 0 Å². The molecule has 0 aliphatic rings. The van der Waals surface area contributed by atoms with Crippen LogP contribution in [0.2, 0.25) is 0 Å². The third-order valence-corrected chi connectivity index (χ3v) is 3.87. The summed E-state index contributed by atoms with van der Waals surface area (Å²) in [5.41, 5.74) is 3.44. The topological polar surface area (TPSA) is 86.5 Å². The van der Waals surface area contributed by atoms with Gasteiger partial charge in [0.2, 0.25) is 5.95 Å². The van der Waals surface area contributed by atoms with Crippen LogP contribution in [-0.2, 0) is 0 Å². The monoisotopic (exact) mass is 380 g/mol. The van der Waals surface area contributed by atoms with Crippen molar-refractivity contribution >= 4 is 39.1 Å². The Hall–Kier alpha value is -2.98. The van der Waals surface area contributed by atoms with Crippen molar-refractivity contribution in [2.24, 2.45) is 0 Å². The highest BCUT2D eigenvalue weighted by Gasteiger charge is 2.05. The molecule has 0 fully saturated rings. The van der Waals surface area contributed by atoms with Crippen LogP contribution in [0.3, 0.4) is 0 Å². The number of aryl methyl sites for hydroxylation is 1. The highest BCUT2D eigenvalue weighted by Crippen LogP contribution is 2.26. The van der Waals surface area contributed by atoms with Crippen LogP contribution in [0, 0.1) is 18.3 Å². The molecule has 0 amide bonds. The minimum atomic E-state index is 0.368. The minimum Gasteiger partial charge on any atom is -0.338 e. The van der Waals surface area contributed by atoms with E-state index in [0.717, 1.165) is 21.4 Å². The molecule has 3 rings (SSSR count). The van der Waals surface area contributed by atoms with Crippen LogP contribution in [0.1, 0.15) is 11.1 Å². The number of halogens is 1. The van der Waals surface area contributed by atoms with Gasteiger partial charge in [0.25, 0.3) is 0 Å². The fourth-order valence-corrected chi connectivity index (χ4v) is 2.63. The molecule has 118 valence electrons. The van der Waals surface area contributed by atoms with Crippen LogP contribution in [0.4, 0.5) is 23.1 Å². The first kappa shape index (κ1) is 15.9. The molecule has 0 spiro atoms. The van der Waals surface area contributed by atoms with Crippen molar-refractivity contribution < 1.29 is 0 Å². The Kier molecular flexibility index (Phi) is 4.68. The normalized spacial score (nSPS) is 10.0. The van der Waals surface area contributed by atoms with Gasteiger partial charge in [-0.25, -0.2) is 0 Å². The molecule has 7 heteroatoms. The Bertz CT molecular complexity index is 902. The maximum Gasteiger partial charge on any atom is 0.249 e. The number of anilines is 4. The highest BCUT2D eigenvalue weighted by atomic mass is 79.9. The number of nitriles is 1. The molecule has 1 heterocycles. The third-order valence-electron chi connectivity index (χ3n) is 3.22. The molecule has 0 saturated carbocycles. The summed E-state index contributed by atoms with van der Waals surface area (Å²) in [6.07, 6.45) is 1.55. The summed E-state index contributed by atoms with van der Waals surface area (Å²) in [7, 11) is 0. The van der Waals surface area contributed by atoms with Crippen LogP contribution in [0.5, 0.6) is 0 Å². The lowest BCUT2D eigenvalue weighted by Crippen LogP contribution is -2.02. The van der Waals surface area contributed by atoms with Gasteiger partial charge < -0.3 is 10.6 Å². The van der Waals surface area contributed by atoms with Gasteiger partial charge in [-0.1, -0.05) is 6.07 Å². The first-order valence-electron chi connectivity index (χ1n) is 7.14. The second-order valence-electron chi connectivity index (χ2n) is 5.09. The predicted octanol–water partition coefficient (Wildman–Crippen LogP) is 4.30. The minimum absolute atomic E-state index is 0.368. The quantitative estimate of drug-likeness (QED) is 0.701. The molecule has 0 bridgehead atoms. The third kappa shape index (κ3) is 3.86. The SMILES string of the molecule is Cc1ccc(Nc2cnnc(Nc3ccc(C#N)cc3)n2)c(Br)c1. The number of nitrogens with one attached hydrogen (secondary N) is 2. The Labute approximate surface area is 147 Å². The van der Waals surface area contributed by atoms with E-state index in [2.05, 4.69) is 47.8 Å². The van der Waals surface area contributed by atoms with E-state index in [9.17, 15) is 0 Å². The Morgan fingerprint density at radius 3 is 2.58 bits per heavy atom. The maximum atomic E-state index is 8.82. The average Bonchev–Trinajstić information content (AvgIpc) is 2.58. The standard InChI is InChI=1S/C17H13BrN6/c1-11-2-7-15(14(18)8-11)22-16-10-20-24-17(23-16)21-13-5-3-12(9-19)4-6-13/h2-8,10H,1H3,(H2,21,22,23,24).